The first-order chi connectivity index (χ1) is 23.2. The van der Waals surface area contributed by atoms with Crippen molar-refractivity contribution in [2.75, 3.05) is 6.61 Å². The Kier molecular flexibility index (Phi) is 19.5. The number of alkyl halides is 3. The molecule has 7 nitrogen and oxygen atoms in total. The van der Waals surface area contributed by atoms with E-state index in [1.165, 1.54) is 0 Å². The Morgan fingerprint density at radius 2 is 1.64 bits per heavy atom. The van der Waals surface area contributed by atoms with Crippen LogP contribution in [0, 0.1) is 30.1 Å². The molecule has 0 spiro atoms. The van der Waals surface area contributed by atoms with Gasteiger partial charge >= 0.3 is 11.9 Å². The highest BCUT2D eigenvalue weighted by molar-refractivity contribution is 7.09. The molecule has 0 unspecified atom stereocenters. The maximum absolute atomic E-state index is 14.6. The highest BCUT2D eigenvalue weighted by Gasteiger charge is 2.48. The second-order valence-corrected chi connectivity index (χ2v) is 22.0. The number of ether oxygens (including phenoxy) is 2. The summed E-state index contributed by atoms with van der Waals surface area (Å²) in [5, 5.41) is 2.90. The molecular weight excluding hydrogens is 733 g/mol. The summed E-state index contributed by atoms with van der Waals surface area (Å²) in [5.74, 6) is -3.31. The molecule has 282 valence electrons. The van der Waals surface area contributed by atoms with Crippen molar-refractivity contribution in [3.63, 3.8) is 0 Å². The van der Waals surface area contributed by atoms with Crippen molar-refractivity contribution in [1.29, 1.82) is 0 Å². The van der Waals surface area contributed by atoms with E-state index in [9.17, 15) is 14.4 Å². The number of carbonyl (C=O) groups is 3. The van der Waals surface area contributed by atoms with Gasteiger partial charge in [-0.3, -0.25) is 14.4 Å². The third-order valence-electron chi connectivity index (χ3n) is 9.64. The molecule has 0 radical (unpaired) electrons. The monoisotopic (exact) mass is 789 g/mol. The highest BCUT2D eigenvalue weighted by atomic mass is 35.6. The number of rotatable bonds is 22. The maximum atomic E-state index is 14.6. The summed E-state index contributed by atoms with van der Waals surface area (Å²) < 4.78 is 16.7. The van der Waals surface area contributed by atoms with Gasteiger partial charge in [-0.1, -0.05) is 114 Å². The van der Waals surface area contributed by atoms with Crippen molar-refractivity contribution < 1.29 is 28.3 Å². The zero-order chi connectivity index (χ0) is 38.4. The van der Waals surface area contributed by atoms with Crippen LogP contribution in [0.4, 0.5) is 0 Å². The van der Waals surface area contributed by atoms with Crippen LogP contribution in [0.3, 0.4) is 0 Å². The first-order valence-electron chi connectivity index (χ1n) is 17.4. The first kappa shape index (κ1) is 46.3. The Morgan fingerprint density at radius 1 is 1.04 bits per heavy atom. The van der Waals surface area contributed by atoms with Crippen LogP contribution < -0.4 is 0 Å². The Balaban J connectivity index is 3.58. The number of esters is 2. The van der Waals surface area contributed by atoms with Crippen LogP contribution in [0.25, 0.3) is 6.08 Å². The summed E-state index contributed by atoms with van der Waals surface area (Å²) in [6.07, 6.45) is 6.74. The Labute approximate surface area is 321 Å². The lowest BCUT2D eigenvalue weighted by Gasteiger charge is -2.42. The van der Waals surface area contributed by atoms with E-state index < -0.39 is 60.1 Å². The summed E-state index contributed by atoms with van der Waals surface area (Å²) in [4.78, 5) is 46.5. The van der Waals surface area contributed by atoms with Crippen LogP contribution >= 0.6 is 46.1 Å². The summed E-state index contributed by atoms with van der Waals surface area (Å²) >= 11 is 19.2. The van der Waals surface area contributed by atoms with Crippen LogP contribution in [0.1, 0.15) is 92.3 Å². The van der Waals surface area contributed by atoms with Gasteiger partial charge in [-0.05, 0) is 62.9 Å². The molecule has 1 rings (SSSR count). The number of aryl methyl sites for hydroxylation is 1. The summed E-state index contributed by atoms with van der Waals surface area (Å²) in [7, 11) is -2.35. The van der Waals surface area contributed by atoms with Crippen LogP contribution in [0.2, 0.25) is 18.1 Å². The number of hydrogen-bond acceptors (Lipinski definition) is 8. The molecule has 0 aliphatic carbocycles. The smallest absolute Gasteiger partial charge is 0.310 e. The molecule has 1 aromatic rings. The largest absolute Gasteiger partial charge is 0.461 e. The van der Waals surface area contributed by atoms with Crippen molar-refractivity contribution in [2.45, 2.75) is 123 Å². The molecule has 1 aromatic heterocycles. The molecule has 0 amide bonds. The molecule has 0 bridgehead atoms. The van der Waals surface area contributed by atoms with E-state index in [-0.39, 0.29) is 18.1 Å². The van der Waals surface area contributed by atoms with E-state index in [1.54, 1.807) is 44.3 Å². The quantitative estimate of drug-likeness (QED) is 0.0380. The minimum absolute atomic E-state index is 0.144. The molecule has 0 aliphatic heterocycles. The summed E-state index contributed by atoms with van der Waals surface area (Å²) in [5.41, 5.74) is 1.41. The number of nitrogens with zero attached hydrogens (tertiary/aromatic N) is 1. The average molecular weight is 791 g/mol. The Bertz CT molecular complexity index is 1360. The third-order valence-corrected chi connectivity index (χ3v) is 15.4. The first-order valence-corrected chi connectivity index (χ1v) is 21.9. The van der Waals surface area contributed by atoms with Crippen molar-refractivity contribution in [3.8, 4) is 0 Å². The summed E-state index contributed by atoms with van der Waals surface area (Å²) in [6.45, 7) is 26.4. The number of Topliss-reactive ketones (excluding diaryl/α,β-unsaturated/α-hetero) is 1. The fourth-order valence-corrected chi connectivity index (χ4v) is 9.79. The fraction of sp³-hybridized carbons (Fsp3) is 0.632. The number of carbonyl (C=O) groups excluding carboxylic acids is 3. The SMILES string of the molecule is C=CC[C@H](C)[C@H](C(=O)OCC(Cl)(Cl)Cl)[C@@H](C)C(=O)C(C)(C)[C@H](CC(=O)O[C@@H](C/C=C(\C)C=C)/C(C)=C/c1csc(C)n1)O[Si](CC)(CC)CC. The van der Waals surface area contributed by atoms with Crippen molar-refractivity contribution >= 4 is 78.3 Å². The molecule has 50 heavy (non-hydrogen) atoms. The van der Waals surface area contributed by atoms with Crippen molar-refractivity contribution in [1.82, 2.24) is 4.98 Å². The molecular formula is C38H58Cl3NO6SSi. The van der Waals surface area contributed by atoms with Gasteiger partial charge in [0.15, 0.2) is 8.32 Å². The topological polar surface area (TPSA) is 91.8 Å². The number of ketones is 1. The lowest BCUT2D eigenvalue weighted by atomic mass is 9.70. The summed E-state index contributed by atoms with van der Waals surface area (Å²) in [6, 6.07) is 2.45. The zero-order valence-corrected chi connectivity index (χ0v) is 35.7. The van der Waals surface area contributed by atoms with Gasteiger partial charge in [0, 0.05) is 23.1 Å². The molecule has 0 aromatic carbocycles. The van der Waals surface area contributed by atoms with Crippen LogP contribution in [-0.2, 0) is 28.3 Å². The minimum atomic E-state index is -2.35. The maximum Gasteiger partial charge on any atom is 0.310 e. The third kappa shape index (κ3) is 14.3. The molecule has 0 aliphatic rings. The number of hydrogen-bond donors (Lipinski definition) is 0. The molecule has 0 saturated carbocycles. The molecule has 0 fully saturated rings. The zero-order valence-electron chi connectivity index (χ0n) is 31.6. The molecule has 0 saturated heterocycles. The normalized spacial score (nSPS) is 16.2. The van der Waals surface area contributed by atoms with Gasteiger partial charge in [0.05, 0.1) is 29.1 Å². The van der Waals surface area contributed by atoms with E-state index >= 15 is 0 Å². The molecule has 1 heterocycles. The van der Waals surface area contributed by atoms with E-state index in [4.69, 9.17) is 48.7 Å². The van der Waals surface area contributed by atoms with E-state index in [2.05, 4.69) is 38.9 Å². The molecule has 0 N–H and O–H groups in total. The van der Waals surface area contributed by atoms with Gasteiger partial charge in [-0.25, -0.2) is 4.98 Å². The molecule has 5 atom stereocenters. The number of halogens is 3. The predicted octanol–water partition coefficient (Wildman–Crippen LogP) is 11.0. The Hall–Kier alpha value is -1.75. The lowest BCUT2D eigenvalue weighted by molar-refractivity contribution is -0.159. The second-order valence-electron chi connectivity index (χ2n) is 13.7. The van der Waals surface area contributed by atoms with E-state index in [0.717, 1.165) is 40.0 Å². The fourth-order valence-electron chi connectivity index (χ4n) is 6.08. The molecule has 12 heteroatoms. The van der Waals surface area contributed by atoms with E-state index in [0.29, 0.717) is 12.8 Å². The van der Waals surface area contributed by atoms with Gasteiger partial charge in [-0.2, -0.15) is 0 Å². The van der Waals surface area contributed by atoms with Gasteiger partial charge in [0.1, 0.15) is 18.5 Å². The minimum Gasteiger partial charge on any atom is -0.461 e. The number of allylic oxidation sites excluding steroid dienone is 3. The van der Waals surface area contributed by atoms with Crippen molar-refractivity contribution in [2.24, 2.45) is 23.2 Å². The van der Waals surface area contributed by atoms with Gasteiger partial charge in [0.2, 0.25) is 3.79 Å². The average Bonchev–Trinajstić information content (AvgIpc) is 3.47. The Morgan fingerprint density at radius 3 is 2.12 bits per heavy atom. The standard InChI is InChI=1S/C38H58Cl3NO6SSi/c1-13-18-26(7)34(36(45)46-24-38(39,40)41)28(9)35(44)37(11,12)32(48-50(15-3,16-4)17-5)22-33(43)47-31(20-19-25(6)14-2)27(8)21-30-23-49-29(10)42-30/h13-14,19,21,23,26,28,31-32,34H,1-2,15-18,20,22,24H2,3-12H3/b25-19+,27-21+/t26-,28+,31-,32-,34-/m0/s1. The van der Waals surface area contributed by atoms with Crippen molar-refractivity contribution in [3.05, 3.63) is 58.6 Å². The lowest BCUT2D eigenvalue weighted by Crippen LogP contribution is -2.51. The number of thiazole rings is 1. The predicted molar refractivity (Wildman–Crippen MR) is 212 cm³/mol. The van der Waals surface area contributed by atoms with Crippen LogP contribution in [-0.4, -0.2) is 53.6 Å². The second kappa shape index (κ2) is 21.1. The highest BCUT2D eigenvalue weighted by Crippen LogP contribution is 2.39. The van der Waals surface area contributed by atoms with Gasteiger partial charge < -0.3 is 13.9 Å². The number of aromatic nitrogens is 1. The van der Waals surface area contributed by atoms with Gasteiger partial charge in [-0.15, -0.1) is 17.9 Å². The van der Waals surface area contributed by atoms with Crippen LogP contribution in [0.15, 0.2) is 47.9 Å². The van der Waals surface area contributed by atoms with Crippen LogP contribution in [0.5, 0.6) is 0 Å². The van der Waals surface area contributed by atoms with Gasteiger partial charge in [0.25, 0.3) is 0 Å². The van der Waals surface area contributed by atoms with E-state index in [1.807, 2.05) is 45.2 Å².